The second-order valence-corrected chi connectivity index (χ2v) is 7.66. The SMILES string of the molecule is CN(CC1CCCN1C(=O)CC(N)Cc1cc(F)c(F)cc1F)C1CNC1. The van der Waals surface area contributed by atoms with E-state index in [9.17, 15) is 18.0 Å². The van der Waals surface area contributed by atoms with Crippen molar-refractivity contribution in [1.29, 1.82) is 0 Å². The number of halogens is 3. The Morgan fingerprint density at radius 1 is 1.30 bits per heavy atom. The predicted molar refractivity (Wildman–Crippen MR) is 96.6 cm³/mol. The van der Waals surface area contributed by atoms with Crippen LogP contribution in [0.1, 0.15) is 24.8 Å². The average Bonchev–Trinajstić information content (AvgIpc) is 2.99. The van der Waals surface area contributed by atoms with E-state index in [4.69, 9.17) is 5.73 Å². The Bertz CT molecular complexity index is 683. The van der Waals surface area contributed by atoms with E-state index < -0.39 is 23.5 Å². The van der Waals surface area contributed by atoms with E-state index in [2.05, 4.69) is 17.3 Å². The van der Waals surface area contributed by atoms with Crippen LogP contribution in [0.5, 0.6) is 0 Å². The molecule has 1 amide bonds. The molecule has 150 valence electrons. The minimum atomic E-state index is -1.23. The Hall–Kier alpha value is -1.64. The fraction of sp³-hybridized carbons (Fsp3) is 0.632. The summed E-state index contributed by atoms with van der Waals surface area (Å²) < 4.78 is 40.1. The number of carbonyl (C=O) groups excluding carboxylic acids is 1. The van der Waals surface area contributed by atoms with Gasteiger partial charge in [0, 0.05) is 56.8 Å². The second-order valence-electron chi connectivity index (χ2n) is 7.66. The lowest BCUT2D eigenvalue weighted by atomic mass is 10.0. The Labute approximate surface area is 157 Å². The van der Waals surface area contributed by atoms with Crippen molar-refractivity contribution >= 4 is 5.91 Å². The lowest BCUT2D eigenvalue weighted by molar-refractivity contribution is -0.132. The number of likely N-dealkylation sites (tertiary alicyclic amines) is 1. The van der Waals surface area contributed by atoms with Crippen molar-refractivity contribution in [1.82, 2.24) is 15.1 Å². The van der Waals surface area contributed by atoms with Crippen LogP contribution < -0.4 is 11.1 Å². The lowest BCUT2D eigenvalue weighted by Crippen LogP contribution is -2.58. The molecule has 5 nitrogen and oxygen atoms in total. The van der Waals surface area contributed by atoms with Crippen molar-refractivity contribution < 1.29 is 18.0 Å². The van der Waals surface area contributed by atoms with Crippen molar-refractivity contribution in [2.75, 3.05) is 33.2 Å². The largest absolute Gasteiger partial charge is 0.338 e. The first-order valence-electron chi connectivity index (χ1n) is 9.44. The molecule has 0 spiro atoms. The number of nitrogens with one attached hydrogen (secondary N) is 1. The average molecular weight is 384 g/mol. The number of benzene rings is 1. The molecule has 2 saturated heterocycles. The number of carbonyl (C=O) groups is 1. The third-order valence-corrected chi connectivity index (χ3v) is 5.59. The van der Waals surface area contributed by atoms with Gasteiger partial charge in [0.25, 0.3) is 0 Å². The maximum atomic E-state index is 13.8. The third kappa shape index (κ3) is 4.80. The smallest absolute Gasteiger partial charge is 0.224 e. The minimum absolute atomic E-state index is 0.00983. The van der Waals surface area contributed by atoms with Gasteiger partial charge in [-0.25, -0.2) is 13.2 Å². The molecule has 0 radical (unpaired) electrons. The highest BCUT2D eigenvalue weighted by molar-refractivity contribution is 5.77. The normalized spacial score (nSPS) is 21.6. The van der Waals surface area contributed by atoms with Crippen LogP contribution in [-0.4, -0.2) is 67.1 Å². The van der Waals surface area contributed by atoms with Crippen molar-refractivity contribution in [3.8, 4) is 0 Å². The van der Waals surface area contributed by atoms with Gasteiger partial charge in [-0.15, -0.1) is 0 Å². The molecular formula is C19H27F3N4O. The van der Waals surface area contributed by atoms with Gasteiger partial charge in [-0.2, -0.15) is 0 Å². The standard InChI is InChI=1S/C19H27F3N4O/c1-25(15-9-24-10-15)11-14-3-2-4-26(14)19(27)7-13(23)5-12-6-17(21)18(22)8-16(12)20/h6,8,13-15,24H,2-5,7,9-11,23H2,1H3. The summed E-state index contributed by atoms with van der Waals surface area (Å²) in [6.07, 6.45) is 1.97. The molecule has 1 aromatic rings. The summed E-state index contributed by atoms with van der Waals surface area (Å²) >= 11 is 0. The van der Waals surface area contributed by atoms with Crippen molar-refractivity contribution in [3.63, 3.8) is 0 Å². The molecule has 0 aliphatic carbocycles. The van der Waals surface area contributed by atoms with Crippen molar-refractivity contribution in [2.24, 2.45) is 5.73 Å². The molecule has 2 aliphatic heterocycles. The lowest BCUT2D eigenvalue weighted by Gasteiger charge is -2.38. The van der Waals surface area contributed by atoms with Crippen LogP contribution in [0.3, 0.4) is 0 Å². The molecule has 3 N–H and O–H groups in total. The molecule has 0 bridgehead atoms. The van der Waals surface area contributed by atoms with Gasteiger partial charge < -0.3 is 16.0 Å². The fourth-order valence-corrected chi connectivity index (χ4v) is 3.84. The highest BCUT2D eigenvalue weighted by Gasteiger charge is 2.32. The van der Waals surface area contributed by atoms with Crippen LogP contribution >= 0.6 is 0 Å². The van der Waals surface area contributed by atoms with E-state index in [1.54, 1.807) is 0 Å². The Kier molecular flexibility index (Phi) is 6.39. The summed E-state index contributed by atoms with van der Waals surface area (Å²) in [7, 11) is 2.07. The number of nitrogens with zero attached hydrogens (tertiary/aromatic N) is 2. The zero-order chi connectivity index (χ0) is 19.6. The summed E-state index contributed by atoms with van der Waals surface area (Å²) in [6.45, 7) is 3.47. The zero-order valence-electron chi connectivity index (χ0n) is 15.6. The summed E-state index contributed by atoms with van der Waals surface area (Å²) in [5.74, 6) is -3.25. The van der Waals surface area contributed by atoms with Crippen molar-refractivity contribution in [2.45, 2.75) is 43.8 Å². The minimum Gasteiger partial charge on any atom is -0.338 e. The monoisotopic (exact) mass is 384 g/mol. The summed E-state index contributed by atoms with van der Waals surface area (Å²) in [5, 5.41) is 3.24. The fourth-order valence-electron chi connectivity index (χ4n) is 3.84. The molecule has 2 aliphatic rings. The van der Waals surface area contributed by atoms with Gasteiger partial charge in [0.1, 0.15) is 5.82 Å². The molecule has 8 heteroatoms. The summed E-state index contributed by atoms with van der Waals surface area (Å²) in [6, 6.07) is 1.36. The molecule has 3 rings (SSSR count). The number of rotatable bonds is 7. The molecule has 0 saturated carbocycles. The number of hydrogen-bond acceptors (Lipinski definition) is 4. The predicted octanol–water partition coefficient (Wildman–Crippen LogP) is 1.26. The quantitative estimate of drug-likeness (QED) is 0.695. The van der Waals surface area contributed by atoms with Gasteiger partial charge in [-0.05, 0) is 37.9 Å². The van der Waals surface area contributed by atoms with E-state index in [0.717, 1.165) is 38.5 Å². The van der Waals surface area contributed by atoms with Crippen LogP contribution in [0.2, 0.25) is 0 Å². The number of hydrogen-bond donors (Lipinski definition) is 2. The molecule has 2 atom stereocenters. The van der Waals surface area contributed by atoms with Crippen molar-refractivity contribution in [3.05, 3.63) is 35.1 Å². The van der Waals surface area contributed by atoms with Crippen LogP contribution in [0, 0.1) is 17.5 Å². The molecule has 2 heterocycles. The maximum Gasteiger partial charge on any atom is 0.224 e. The Morgan fingerprint density at radius 3 is 2.67 bits per heavy atom. The topological polar surface area (TPSA) is 61.6 Å². The van der Waals surface area contributed by atoms with E-state index in [-0.39, 0.29) is 30.4 Å². The van der Waals surface area contributed by atoms with Gasteiger partial charge in [-0.3, -0.25) is 9.69 Å². The van der Waals surface area contributed by atoms with Gasteiger partial charge in [0.15, 0.2) is 11.6 Å². The van der Waals surface area contributed by atoms with E-state index in [1.807, 2.05) is 4.90 Å². The van der Waals surface area contributed by atoms with Crippen LogP contribution in [0.25, 0.3) is 0 Å². The number of likely N-dealkylation sites (N-methyl/N-ethyl adjacent to an activating group) is 1. The van der Waals surface area contributed by atoms with E-state index in [1.165, 1.54) is 0 Å². The molecule has 1 aromatic carbocycles. The second kappa shape index (κ2) is 8.58. The maximum absolute atomic E-state index is 13.8. The summed E-state index contributed by atoms with van der Waals surface area (Å²) in [4.78, 5) is 16.8. The number of nitrogens with two attached hydrogens (primary N) is 1. The third-order valence-electron chi connectivity index (χ3n) is 5.59. The Balaban J connectivity index is 1.54. The first-order chi connectivity index (χ1) is 12.8. The summed E-state index contributed by atoms with van der Waals surface area (Å²) in [5.41, 5.74) is 6.00. The van der Waals surface area contributed by atoms with Crippen LogP contribution in [0.15, 0.2) is 12.1 Å². The molecule has 27 heavy (non-hydrogen) atoms. The van der Waals surface area contributed by atoms with Gasteiger partial charge in [0.2, 0.25) is 5.91 Å². The van der Waals surface area contributed by atoms with E-state index in [0.29, 0.717) is 18.7 Å². The Morgan fingerprint density at radius 2 is 2.00 bits per heavy atom. The molecule has 2 fully saturated rings. The highest BCUT2D eigenvalue weighted by atomic mass is 19.2. The molecule has 0 aromatic heterocycles. The molecular weight excluding hydrogens is 357 g/mol. The first kappa shape index (κ1) is 20.1. The molecule has 2 unspecified atom stereocenters. The highest BCUT2D eigenvalue weighted by Crippen LogP contribution is 2.21. The van der Waals surface area contributed by atoms with Gasteiger partial charge in [0.05, 0.1) is 0 Å². The first-order valence-corrected chi connectivity index (χ1v) is 9.44. The van der Waals surface area contributed by atoms with Gasteiger partial charge in [-0.1, -0.05) is 0 Å². The zero-order valence-corrected chi connectivity index (χ0v) is 15.6. The van der Waals surface area contributed by atoms with Crippen LogP contribution in [0.4, 0.5) is 13.2 Å². The van der Waals surface area contributed by atoms with Gasteiger partial charge >= 0.3 is 0 Å². The van der Waals surface area contributed by atoms with Crippen LogP contribution in [-0.2, 0) is 11.2 Å². The number of amides is 1. The van der Waals surface area contributed by atoms with E-state index >= 15 is 0 Å².